The Balaban J connectivity index is 4.26. The Morgan fingerprint density at radius 1 is 0.846 bits per heavy atom. The van der Waals surface area contributed by atoms with Crippen LogP contribution in [0.5, 0.6) is 0 Å². The van der Waals surface area contributed by atoms with E-state index in [1.165, 1.54) is 0 Å². The molecule has 0 aromatic heterocycles. The first-order valence-corrected chi connectivity index (χ1v) is 13.0. The van der Waals surface area contributed by atoms with Gasteiger partial charge in [-0.15, -0.1) is 0 Å². The summed E-state index contributed by atoms with van der Waals surface area (Å²) in [5.74, 6) is -5.43. The molecular weight excluding hydrogens is 555 g/mol. The summed E-state index contributed by atoms with van der Waals surface area (Å²) >= 11 is 0. The van der Waals surface area contributed by atoms with Gasteiger partial charge in [-0.1, -0.05) is 0 Å². The lowest BCUT2D eigenvalue weighted by molar-refractivity contribution is -0.142. The van der Waals surface area contributed by atoms with Crippen LogP contribution < -0.4 is 21.5 Å². The zero-order chi connectivity index (χ0) is 29.7. The van der Waals surface area contributed by atoms with Crippen molar-refractivity contribution in [3.05, 3.63) is 0 Å². The molecule has 0 bridgehead atoms. The van der Waals surface area contributed by atoms with Gasteiger partial charge < -0.3 is 55.5 Å². The molecule has 0 saturated heterocycles. The lowest BCUT2D eigenvalue weighted by Gasteiger charge is -2.20. The van der Waals surface area contributed by atoms with Crippen LogP contribution in [0, 0.1) is 0 Å². The molecule has 20 heteroatoms. The summed E-state index contributed by atoms with van der Waals surface area (Å²) in [6.07, 6.45) is -2.58. The summed E-state index contributed by atoms with van der Waals surface area (Å²) in [5.41, 5.74) is 5.27. The highest BCUT2D eigenvalue weighted by Gasteiger charge is 2.32. The highest BCUT2D eigenvalue weighted by atomic mass is 31.2. The minimum absolute atomic E-state index is 0.0810. The molecule has 2 unspecified atom stereocenters. The number of carbonyl (C=O) groups excluding carboxylic acids is 2. The molecule has 3 atom stereocenters. The third-order valence-electron chi connectivity index (χ3n) is 4.18. The lowest BCUT2D eigenvalue weighted by atomic mass is 10.2. The number of carboxylic acid groups (broad SMARTS) is 3. The SMILES string of the molecule is NCCOCCOCCOCCNC(=O)COC(=O)NC(COP(=O)(O)N[C@@H](CCC(=O)O)C(=O)O)C(=O)O. The Morgan fingerprint density at radius 2 is 1.41 bits per heavy atom. The summed E-state index contributed by atoms with van der Waals surface area (Å²) < 4.78 is 36.7. The minimum Gasteiger partial charge on any atom is -0.481 e. The van der Waals surface area contributed by atoms with Crippen molar-refractivity contribution >= 4 is 37.7 Å². The van der Waals surface area contributed by atoms with Crippen molar-refractivity contribution in [2.24, 2.45) is 5.73 Å². The van der Waals surface area contributed by atoms with E-state index >= 15 is 0 Å². The molecule has 0 aromatic carbocycles. The van der Waals surface area contributed by atoms with Crippen LogP contribution in [-0.2, 0) is 47.2 Å². The van der Waals surface area contributed by atoms with Gasteiger partial charge in [-0.2, -0.15) is 0 Å². The van der Waals surface area contributed by atoms with Crippen molar-refractivity contribution in [1.82, 2.24) is 15.7 Å². The molecule has 9 N–H and O–H groups in total. The number of nitrogens with one attached hydrogen (secondary N) is 3. The van der Waals surface area contributed by atoms with Crippen molar-refractivity contribution in [3.63, 3.8) is 0 Å². The topological polar surface area (TPSA) is 292 Å². The molecule has 0 aliphatic rings. The molecule has 0 saturated carbocycles. The molecule has 0 aliphatic carbocycles. The summed E-state index contributed by atoms with van der Waals surface area (Å²) in [6.45, 7) is 0.555. The van der Waals surface area contributed by atoms with E-state index in [4.69, 9.17) is 35.3 Å². The first-order chi connectivity index (χ1) is 18.4. The van der Waals surface area contributed by atoms with Gasteiger partial charge in [0.15, 0.2) is 12.6 Å². The summed E-state index contributed by atoms with van der Waals surface area (Å²) in [7, 11) is -4.93. The van der Waals surface area contributed by atoms with Gasteiger partial charge in [-0.25, -0.2) is 19.2 Å². The second-order valence-electron chi connectivity index (χ2n) is 7.36. The van der Waals surface area contributed by atoms with Gasteiger partial charge in [0.1, 0.15) is 6.04 Å². The average molecular weight is 590 g/mol. The van der Waals surface area contributed by atoms with Crippen LogP contribution in [0.4, 0.5) is 4.79 Å². The molecule has 19 nitrogen and oxygen atoms in total. The molecular formula is C19H35N4O15P. The van der Waals surface area contributed by atoms with E-state index in [1.54, 1.807) is 10.4 Å². The van der Waals surface area contributed by atoms with E-state index in [0.717, 1.165) is 0 Å². The van der Waals surface area contributed by atoms with E-state index in [0.29, 0.717) is 33.0 Å². The minimum atomic E-state index is -4.93. The van der Waals surface area contributed by atoms with Gasteiger partial charge in [-0.05, 0) is 6.42 Å². The molecule has 2 amide bonds. The van der Waals surface area contributed by atoms with Crippen LogP contribution in [0.3, 0.4) is 0 Å². The maximum atomic E-state index is 12.0. The van der Waals surface area contributed by atoms with E-state index in [-0.39, 0.29) is 19.8 Å². The highest BCUT2D eigenvalue weighted by Crippen LogP contribution is 2.38. The van der Waals surface area contributed by atoms with Crippen LogP contribution in [0.15, 0.2) is 0 Å². The number of ether oxygens (including phenoxy) is 4. The Labute approximate surface area is 222 Å². The molecule has 39 heavy (non-hydrogen) atoms. The second-order valence-corrected chi connectivity index (χ2v) is 8.91. The standard InChI is InChI=1S/C19H35N4O15P/c20-3-5-34-7-9-36-10-8-35-6-4-21-15(24)12-37-19(31)22-14(18(29)30)11-38-39(32,33)23-13(17(27)28)1-2-16(25)26/h13-14H,1-12,20H2,(H,21,24)(H,22,31)(H,25,26)(H,27,28)(H,29,30)(H2,23,32,33)/t13-,14?/m0/s1. The fourth-order valence-corrected chi connectivity index (χ4v) is 3.41. The molecule has 226 valence electrons. The van der Waals surface area contributed by atoms with Crippen molar-refractivity contribution in [2.75, 3.05) is 65.9 Å². The molecule has 0 fully saturated rings. The smallest absolute Gasteiger partial charge is 0.408 e. The largest absolute Gasteiger partial charge is 0.481 e. The van der Waals surface area contributed by atoms with E-state index < -0.39 is 75.8 Å². The van der Waals surface area contributed by atoms with Crippen molar-refractivity contribution in [3.8, 4) is 0 Å². The fourth-order valence-electron chi connectivity index (χ4n) is 2.35. The van der Waals surface area contributed by atoms with Gasteiger partial charge in [0.25, 0.3) is 5.91 Å². The van der Waals surface area contributed by atoms with Crippen LogP contribution >= 0.6 is 7.75 Å². The first kappa shape index (κ1) is 36.1. The number of hydrogen-bond donors (Lipinski definition) is 8. The van der Waals surface area contributed by atoms with Crippen molar-refractivity contribution < 1.29 is 72.2 Å². The zero-order valence-electron chi connectivity index (χ0n) is 20.9. The number of aliphatic carboxylic acids is 3. The number of carbonyl (C=O) groups is 5. The Bertz CT molecular complexity index is 831. The average Bonchev–Trinajstić information content (AvgIpc) is 2.85. The first-order valence-electron chi connectivity index (χ1n) is 11.4. The number of rotatable bonds is 24. The number of amides is 2. The van der Waals surface area contributed by atoms with Gasteiger partial charge >= 0.3 is 31.7 Å². The molecule has 0 aliphatic heterocycles. The Hall–Kier alpha value is -2.90. The fraction of sp³-hybridized carbons (Fsp3) is 0.737. The molecule has 0 aromatic rings. The molecule has 0 rings (SSSR count). The predicted octanol–water partition coefficient (Wildman–Crippen LogP) is -2.68. The number of carboxylic acids is 3. The van der Waals surface area contributed by atoms with Crippen LogP contribution in [-0.4, -0.2) is 128 Å². The highest BCUT2D eigenvalue weighted by molar-refractivity contribution is 7.50. The maximum absolute atomic E-state index is 12.0. The third-order valence-corrected chi connectivity index (χ3v) is 5.32. The Morgan fingerprint density at radius 3 is 1.95 bits per heavy atom. The summed E-state index contributed by atoms with van der Waals surface area (Å²) in [6, 6.07) is -3.71. The van der Waals surface area contributed by atoms with E-state index in [2.05, 4.69) is 14.6 Å². The van der Waals surface area contributed by atoms with E-state index in [9.17, 15) is 33.4 Å². The van der Waals surface area contributed by atoms with Crippen molar-refractivity contribution in [1.29, 1.82) is 0 Å². The van der Waals surface area contributed by atoms with Crippen molar-refractivity contribution in [2.45, 2.75) is 24.9 Å². The number of alkyl carbamates (subject to hydrolysis) is 1. The zero-order valence-corrected chi connectivity index (χ0v) is 21.8. The molecule has 0 radical (unpaired) electrons. The maximum Gasteiger partial charge on any atom is 0.408 e. The molecule has 0 heterocycles. The molecule has 0 spiro atoms. The monoisotopic (exact) mass is 590 g/mol. The Kier molecular flexibility index (Phi) is 19.4. The quantitative estimate of drug-likeness (QED) is 0.0419. The van der Waals surface area contributed by atoms with Crippen LogP contribution in [0.1, 0.15) is 12.8 Å². The predicted molar refractivity (Wildman–Crippen MR) is 128 cm³/mol. The van der Waals surface area contributed by atoms with E-state index in [1.807, 2.05) is 0 Å². The van der Waals surface area contributed by atoms with Crippen LogP contribution in [0.25, 0.3) is 0 Å². The van der Waals surface area contributed by atoms with Gasteiger partial charge in [0, 0.05) is 19.5 Å². The second kappa shape index (κ2) is 21.0. The normalized spacial score (nSPS) is 14.0. The number of hydrogen-bond acceptors (Lipinski definition) is 12. The van der Waals surface area contributed by atoms with Gasteiger partial charge in [0.05, 0.1) is 46.2 Å². The summed E-state index contributed by atoms with van der Waals surface area (Å²) in [5, 5.41) is 32.7. The third kappa shape index (κ3) is 20.7. The summed E-state index contributed by atoms with van der Waals surface area (Å²) in [4.78, 5) is 66.3. The lowest BCUT2D eigenvalue weighted by Crippen LogP contribution is -2.45. The van der Waals surface area contributed by atoms with Gasteiger partial charge in [-0.3, -0.25) is 18.9 Å². The van der Waals surface area contributed by atoms with Crippen LogP contribution in [0.2, 0.25) is 0 Å². The van der Waals surface area contributed by atoms with Gasteiger partial charge in [0.2, 0.25) is 0 Å². The number of nitrogens with two attached hydrogens (primary N) is 1.